The molecule has 0 aromatic heterocycles. The second-order valence-corrected chi connectivity index (χ2v) is 5.76. The quantitative estimate of drug-likeness (QED) is 0.764. The van der Waals surface area contributed by atoms with Gasteiger partial charge in [-0.05, 0) is 61.6 Å². The molecule has 0 bridgehead atoms. The SMILES string of the molecule is CCC/C=C/[C@H]1CC[C@H](c2ccc(C(=O)O)cc2)CC1. The zero-order valence-electron chi connectivity index (χ0n) is 12.2. The number of carbonyl (C=O) groups is 1. The van der Waals surface area contributed by atoms with Gasteiger partial charge in [0.15, 0.2) is 0 Å². The maximum Gasteiger partial charge on any atom is 0.335 e. The Morgan fingerprint density at radius 3 is 2.40 bits per heavy atom. The molecule has 0 atom stereocenters. The third-order valence-electron chi connectivity index (χ3n) is 4.26. The number of hydrogen-bond donors (Lipinski definition) is 1. The number of carboxylic acid groups (broad SMARTS) is 1. The molecule has 1 aromatic rings. The fourth-order valence-corrected chi connectivity index (χ4v) is 3.00. The molecule has 0 unspecified atom stereocenters. The van der Waals surface area contributed by atoms with E-state index >= 15 is 0 Å². The molecular weight excluding hydrogens is 248 g/mol. The van der Waals surface area contributed by atoms with Crippen LogP contribution < -0.4 is 0 Å². The van der Waals surface area contributed by atoms with Gasteiger partial charge >= 0.3 is 5.97 Å². The standard InChI is InChI=1S/C18H24O2/c1-2-3-4-5-14-6-8-15(9-7-14)16-10-12-17(13-11-16)18(19)20/h4-5,10-15H,2-3,6-9H2,1H3,(H,19,20)/b5-4+/t14-,15-. The average Bonchev–Trinajstić information content (AvgIpc) is 2.48. The summed E-state index contributed by atoms with van der Waals surface area (Å²) in [7, 11) is 0. The van der Waals surface area contributed by atoms with Gasteiger partial charge in [0.25, 0.3) is 0 Å². The first-order chi connectivity index (χ1) is 9.70. The third kappa shape index (κ3) is 3.96. The molecule has 1 aliphatic rings. The highest BCUT2D eigenvalue weighted by Gasteiger charge is 2.20. The Labute approximate surface area is 121 Å². The average molecular weight is 272 g/mol. The second-order valence-electron chi connectivity index (χ2n) is 5.76. The molecule has 1 saturated carbocycles. The topological polar surface area (TPSA) is 37.3 Å². The van der Waals surface area contributed by atoms with Gasteiger partial charge in [-0.15, -0.1) is 0 Å². The zero-order valence-corrected chi connectivity index (χ0v) is 12.2. The Balaban J connectivity index is 1.88. The maximum absolute atomic E-state index is 10.8. The van der Waals surface area contributed by atoms with Crippen LogP contribution in [0.25, 0.3) is 0 Å². The van der Waals surface area contributed by atoms with E-state index in [0.717, 1.165) is 5.92 Å². The van der Waals surface area contributed by atoms with Crippen LogP contribution in [0.5, 0.6) is 0 Å². The molecule has 2 nitrogen and oxygen atoms in total. The minimum absolute atomic E-state index is 0.380. The lowest BCUT2D eigenvalue weighted by molar-refractivity contribution is 0.0697. The van der Waals surface area contributed by atoms with Crippen molar-refractivity contribution in [3.8, 4) is 0 Å². The summed E-state index contributed by atoms with van der Waals surface area (Å²) in [6.07, 6.45) is 12.1. The van der Waals surface area contributed by atoms with Gasteiger partial charge in [0.1, 0.15) is 0 Å². The van der Waals surface area contributed by atoms with Gasteiger partial charge in [-0.1, -0.05) is 37.6 Å². The van der Waals surface area contributed by atoms with E-state index in [4.69, 9.17) is 5.11 Å². The Morgan fingerprint density at radius 2 is 1.85 bits per heavy atom. The lowest BCUT2D eigenvalue weighted by Crippen LogP contribution is -2.12. The summed E-state index contributed by atoms with van der Waals surface area (Å²) in [6, 6.07) is 7.43. The van der Waals surface area contributed by atoms with Crippen molar-refractivity contribution in [1.29, 1.82) is 0 Å². The molecule has 0 aliphatic heterocycles. The van der Waals surface area contributed by atoms with E-state index in [9.17, 15) is 4.79 Å². The number of rotatable bonds is 5. The monoisotopic (exact) mass is 272 g/mol. The normalized spacial score (nSPS) is 23.1. The molecule has 2 rings (SSSR count). The Bertz CT molecular complexity index is 451. The molecule has 0 heterocycles. The Kier molecular flexibility index (Phi) is 5.40. The van der Waals surface area contributed by atoms with Crippen molar-refractivity contribution in [2.24, 2.45) is 5.92 Å². The highest BCUT2D eigenvalue weighted by atomic mass is 16.4. The summed E-state index contributed by atoms with van der Waals surface area (Å²) in [5, 5.41) is 8.92. The molecule has 0 spiro atoms. The molecule has 0 saturated heterocycles. The van der Waals surface area contributed by atoms with Crippen LogP contribution in [0.4, 0.5) is 0 Å². The lowest BCUT2D eigenvalue weighted by Gasteiger charge is -2.27. The first-order valence-electron chi connectivity index (χ1n) is 7.70. The van der Waals surface area contributed by atoms with Crippen molar-refractivity contribution in [2.75, 3.05) is 0 Å². The van der Waals surface area contributed by atoms with Crippen LogP contribution in [0.3, 0.4) is 0 Å². The van der Waals surface area contributed by atoms with E-state index in [1.54, 1.807) is 12.1 Å². The van der Waals surface area contributed by atoms with Crippen LogP contribution in [0.1, 0.15) is 67.3 Å². The van der Waals surface area contributed by atoms with E-state index in [0.29, 0.717) is 11.5 Å². The Morgan fingerprint density at radius 1 is 1.20 bits per heavy atom. The van der Waals surface area contributed by atoms with Gasteiger partial charge in [-0.2, -0.15) is 0 Å². The Hall–Kier alpha value is -1.57. The summed E-state index contributed by atoms with van der Waals surface area (Å²) >= 11 is 0. The van der Waals surface area contributed by atoms with Crippen LogP contribution in [-0.2, 0) is 0 Å². The summed E-state index contributed by atoms with van der Waals surface area (Å²) in [5.41, 5.74) is 1.68. The molecule has 1 N–H and O–H groups in total. The maximum atomic E-state index is 10.8. The molecule has 20 heavy (non-hydrogen) atoms. The molecule has 108 valence electrons. The van der Waals surface area contributed by atoms with E-state index < -0.39 is 5.97 Å². The summed E-state index contributed by atoms with van der Waals surface area (Å²) in [5.74, 6) is 0.506. The van der Waals surface area contributed by atoms with Crippen LogP contribution in [-0.4, -0.2) is 11.1 Å². The summed E-state index contributed by atoms with van der Waals surface area (Å²) in [4.78, 5) is 10.8. The fraction of sp³-hybridized carbons (Fsp3) is 0.500. The number of hydrogen-bond acceptors (Lipinski definition) is 1. The van der Waals surface area contributed by atoms with Crippen molar-refractivity contribution in [3.05, 3.63) is 47.5 Å². The fourth-order valence-electron chi connectivity index (χ4n) is 3.00. The highest BCUT2D eigenvalue weighted by Crippen LogP contribution is 2.36. The third-order valence-corrected chi connectivity index (χ3v) is 4.26. The van der Waals surface area contributed by atoms with E-state index in [1.807, 2.05) is 12.1 Å². The smallest absolute Gasteiger partial charge is 0.335 e. The molecular formula is C18H24O2. The highest BCUT2D eigenvalue weighted by molar-refractivity contribution is 5.87. The zero-order chi connectivity index (χ0) is 14.4. The molecule has 1 fully saturated rings. The van der Waals surface area contributed by atoms with Gasteiger partial charge in [-0.25, -0.2) is 4.79 Å². The predicted octanol–water partition coefficient (Wildman–Crippen LogP) is 5.01. The number of allylic oxidation sites excluding steroid dienone is 2. The molecule has 0 amide bonds. The van der Waals surface area contributed by atoms with Crippen LogP contribution in [0.2, 0.25) is 0 Å². The van der Waals surface area contributed by atoms with E-state index in [2.05, 4.69) is 19.1 Å². The summed E-state index contributed by atoms with van der Waals surface area (Å²) < 4.78 is 0. The number of benzene rings is 1. The van der Waals surface area contributed by atoms with Gasteiger partial charge in [0, 0.05) is 0 Å². The van der Waals surface area contributed by atoms with Gasteiger partial charge in [0.2, 0.25) is 0 Å². The predicted molar refractivity (Wildman–Crippen MR) is 82.1 cm³/mol. The molecule has 2 heteroatoms. The van der Waals surface area contributed by atoms with Crippen LogP contribution >= 0.6 is 0 Å². The number of aromatic carboxylic acids is 1. The van der Waals surface area contributed by atoms with Crippen LogP contribution in [0.15, 0.2) is 36.4 Å². The van der Waals surface area contributed by atoms with Crippen molar-refractivity contribution >= 4 is 5.97 Å². The molecule has 1 aliphatic carbocycles. The first kappa shape index (κ1) is 14.8. The number of unbranched alkanes of at least 4 members (excludes halogenated alkanes) is 1. The van der Waals surface area contributed by atoms with Crippen LogP contribution in [0, 0.1) is 5.92 Å². The largest absolute Gasteiger partial charge is 0.478 e. The van der Waals surface area contributed by atoms with Gasteiger partial charge in [-0.3, -0.25) is 0 Å². The van der Waals surface area contributed by atoms with Crippen molar-refractivity contribution < 1.29 is 9.90 Å². The molecule has 0 radical (unpaired) electrons. The van der Waals surface area contributed by atoms with Gasteiger partial charge < -0.3 is 5.11 Å². The molecule has 1 aromatic carbocycles. The second kappa shape index (κ2) is 7.28. The first-order valence-corrected chi connectivity index (χ1v) is 7.70. The van der Waals surface area contributed by atoms with E-state index in [-0.39, 0.29) is 0 Å². The summed E-state index contributed by atoms with van der Waals surface area (Å²) in [6.45, 7) is 2.21. The van der Waals surface area contributed by atoms with Gasteiger partial charge in [0.05, 0.1) is 5.56 Å². The van der Waals surface area contributed by atoms with Crippen molar-refractivity contribution in [3.63, 3.8) is 0 Å². The number of carboxylic acids is 1. The van der Waals surface area contributed by atoms with Crippen molar-refractivity contribution in [2.45, 2.75) is 51.4 Å². The lowest BCUT2D eigenvalue weighted by atomic mass is 9.78. The van der Waals surface area contributed by atoms with Crippen molar-refractivity contribution in [1.82, 2.24) is 0 Å². The minimum atomic E-state index is -0.846. The minimum Gasteiger partial charge on any atom is -0.478 e. The van der Waals surface area contributed by atoms with E-state index in [1.165, 1.54) is 44.1 Å².